The molecule has 2 heterocycles. The Morgan fingerprint density at radius 3 is 2.34 bits per heavy atom. The molecule has 1 saturated heterocycles. The minimum atomic E-state index is -3.54. The molecule has 180 valence electrons. The smallest absolute Gasteiger partial charge is 0.261 e. The number of amides is 2. The van der Waals surface area contributed by atoms with Crippen LogP contribution in [0.1, 0.15) is 39.1 Å². The van der Waals surface area contributed by atoms with E-state index in [-0.39, 0.29) is 10.8 Å². The van der Waals surface area contributed by atoms with Crippen molar-refractivity contribution in [3.63, 3.8) is 0 Å². The van der Waals surface area contributed by atoms with E-state index in [4.69, 9.17) is 4.74 Å². The van der Waals surface area contributed by atoms with Crippen LogP contribution in [0.5, 0.6) is 11.5 Å². The number of anilines is 2. The first-order chi connectivity index (χ1) is 16.7. The molecule has 8 nitrogen and oxygen atoms in total. The zero-order chi connectivity index (χ0) is 24.7. The van der Waals surface area contributed by atoms with Crippen molar-refractivity contribution in [3.8, 4) is 11.5 Å². The fourth-order valence-electron chi connectivity index (χ4n) is 4.31. The zero-order valence-electron chi connectivity index (χ0n) is 19.4. The van der Waals surface area contributed by atoms with Gasteiger partial charge in [0.2, 0.25) is 10.0 Å². The standard InChI is InChI=1S/C26H25N3O5S/c1-17-5-11-24-22(15-17)28(2)26(31)21-16-19(8-12-23(21)34-24)27-25(30)18-6-9-20(10-7-18)35(32,33)29-13-3-4-14-29/h5-12,15-16H,3-4,13-14H2,1-2H3,(H,27,30). The van der Waals surface area contributed by atoms with E-state index in [1.807, 2.05) is 25.1 Å². The Bertz CT molecular complexity index is 1430. The zero-order valence-corrected chi connectivity index (χ0v) is 20.3. The van der Waals surface area contributed by atoms with Crippen LogP contribution in [0.4, 0.5) is 11.4 Å². The summed E-state index contributed by atoms with van der Waals surface area (Å²) < 4.78 is 32.9. The van der Waals surface area contributed by atoms with Crippen LogP contribution in [-0.4, -0.2) is 44.7 Å². The number of rotatable bonds is 4. The summed E-state index contributed by atoms with van der Waals surface area (Å²) in [6, 6.07) is 16.4. The molecule has 3 aromatic carbocycles. The summed E-state index contributed by atoms with van der Waals surface area (Å²) in [5.41, 5.74) is 2.73. The minimum Gasteiger partial charge on any atom is -0.454 e. The maximum Gasteiger partial charge on any atom is 0.261 e. The van der Waals surface area contributed by atoms with Gasteiger partial charge in [0, 0.05) is 31.4 Å². The van der Waals surface area contributed by atoms with Gasteiger partial charge in [0.15, 0.2) is 5.75 Å². The van der Waals surface area contributed by atoms with Gasteiger partial charge in [-0.05, 0) is 79.9 Å². The summed E-state index contributed by atoms with van der Waals surface area (Å²) in [5.74, 6) is 0.311. The van der Waals surface area contributed by atoms with Crippen LogP contribution in [0.25, 0.3) is 0 Å². The minimum absolute atomic E-state index is 0.168. The van der Waals surface area contributed by atoms with Gasteiger partial charge < -0.3 is 15.0 Å². The lowest BCUT2D eigenvalue weighted by Crippen LogP contribution is -2.27. The van der Waals surface area contributed by atoms with Gasteiger partial charge in [0.05, 0.1) is 16.1 Å². The predicted octanol–water partition coefficient (Wildman–Crippen LogP) is 4.41. The molecule has 0 radical (unpaired) electrons. The Morgan fingerprint density at radius 1 is 0.943 bits per heavy atom. The number of nitrogens with zero attached hydrogens (tertiary/aromatic N) is 2. The van der Waals surface area contributed by atoms with Gasteiger partial charge in [-0.2, -0.15) is 4.31 Å². The average molecular weight is 492 g/mol. The van der Waals surface area contributed by atoms with E-state index in [9.17, 15) is 18.0 Å². The molecule has 9 heteroatoms. The Kier molecular flexibility index (Phi) is 5.82. The second kappa shape index (κ2) is 8.83. The van der Waals surface area contributed by atoms with Crippen molar-refractivity contribution in [2.45, 2.75) is 24.7 Å². The third-order valence-corrected chi connectivity index (χ3v) is 8.20. The molecule has 35 heavy (non-hydrogen) atoms. The number of hydrogen-bond donors (Lipinski definition) is 1. The number of aryl methyl sites for hydroxylation is 1. The van der Waals surface area contributed by atoms with Crippen LogP contribution < -0.4 is 15.0 Å². The SMILES string of the molecule is Cc1ccc2c(c1)N(C)C(=O)c1cc(NC(=O)c3ccc(S(=O)(=O)N4CCCC4)cc3)ccc1O2. The van der Waals surface area contributed by atoms with E-state index in [1.165, 1.54) is 33.5 Å². The number of carbonyl (C=O) groups excluding carboxylic acids is 2. The van der Waals surface area contributed by atoms with E-state index >= 15 is 0 Å². The molecule has 0 saturated carbocycles. The first kappa shape index (κ1) is 23.1. The van der Waals surface area contributed by atoms with E-state index in [1.54, 1.807) is 25.2 Å². The largest absolute Gasteiger partial charge is 0.454 e. The van der Waals surface area contributed by atoms with Crippen LogP contribution in [0.2, 0.25) is 0 Å². The molecule has 5 rings (SSSR count). The lowest BCUT2D eigenvalue weighted by molar-refractivity contribution is 0.0990. The van der Waals surface area contributed by atoms with Crippen molar-refractivity contribution >= 4 is 33.2 Å². The lowest BCUT2D eigenvalue weighted by atomic mass is 10.1. The van der Waals surface area contributed by atoms with Gasteiger partial charge in [0.25, 0.3) is 11.8 Å². The molecule has 0 aliphatic carbocycles. The molecule has 2 aliphatic heterocycles. The lowest BCUT2D eigenvalue weighted by Gasteiger charge is -2.17. The van der Waals surface area contributed by atoms with Gasteiger partial charge in [-0.15, -0.1) is 0 Å². The maximum atomic E-state index is 13.1. The van der Waals surface area contributed by atoms with Gasteiger partial charge in [-0.1, -0.05) is 6.07 Å². The van der Waals surface area contributed by atoms with Crippen LogP contribution in [0.15, 0.2) is 65.6 Å². The molecule has 0 bridgehead atoms. The van der Waals surface area contributed by atoms with E-state index in [0.29, 0.717) is 47.1 Å². The molecular weight excluding hydrogens is 466 g/mol. The average Bonchev–Trinajstić information content (AvgIpc) is 3.38. The highest BCUT2D eigenvalue weighted by Crippen LogP contribution is 2.39. The van der Waals surface area contributed by atoms with Gasteiger partial charge >= 0.3 is 0 Å². The summed E-state index contributed by atoms with van der Waals surface area (Å²) in [4.78, 5) is 27.7. The Balaban J connectivity index is 1.36. The quantitative estimate of drug-likeness (QED) is 0.583. The molecule has 2 aliphatic rings. The molecule has 1 fully saturated rings. The highest BCUT2D eigenvalue weighted by atomic mass is 32.2. The Labute approximate surface area is 204 Å². The van der Waals surface area contributed by atoms with E-state index < -0.39 is 15.9 Å². The summed E-state index contributed by atoms with van der Waals surface area (Å²) in [5, 5.41) is 2.78. The Morgan fingerprint density at radius 2 is 1.63 bits per heavy atom. The number of sulfonamides is 1. The normalized spacial score (nSPS) is 15.7. The second-order valence-corrected chi connectivity index (χ2v) is 10.7. The fraction of sp³-hybridized carbons (Fsp3) is 0.231. The van der Waals surface area contributed by atoms with Crippen molar-refractivity contribution in [3.05, 3.63) is 77.4 Å². The summed E-state index contributed by atoms with van der Waals surface area (Å²) in [6.45, 7) is 2.98. The molecule has 1 N–H and O–H groups in total. The molecule has 0 unspecified atom stereocenters. The molecule has 0 atom stereocenters. The van der Waals surface area contributed by atoms with Crippen LogP contribution in [0.3, 0.4) is 0 Å². The number of fused-ring (bicyclic) bond motifs is 2. The van der Waals surface area contributed by atoms with Crippen LogP contribution in [0, 0.1) is 6.92 Å². The van der Waals surface area contributed by atoms with Gasteiger partial charge in [-0.25, -0.2) is 8.42 Å². The fourth-order valence-corrected chi connectivity index (χ4v) is 5.82. The molecular formula is C26H25N3O5S. The number of ether oxygens (including phenoxy) is 1. The Hall–Kier alpha value is -3.69. The number of benzene rings is 3. The van der Waals surface area contributed by atoms with Gasteiger partial charge in [-0.3, -0.25) is 9.59 Å². The summed E-state index contributed by atoms with van der Waals surface area (Å²) >= 11 is 0. The highest BCUT2D eigenvalue weighted by Gasteiger charge is 2.28. The van der Waals surface area contributed by atoms with Crippen molar-refractivity contribution in [1.29, 1.82) is 0 Å². The molecule has 0 spiro atoms. The van der Waals surface area contributed by atoms with E-state index in [0.717, 1.165) is 18.4 Å². The predicted molar refractivity (Wildman–Crippen MR) is 133 cm³/mol. The maximum absolute atomic E-state index is 13.1. The van der Waals surface area contributed by atoms with Crippen LogP contribution in [-0.2, 0) is 10.0 Å². The summed E-state index contributed by atoms with van der Waals surface area (Å²) in [7, 11) is -1.86. The van der Waals surface area contributed by atoms with Crippen molar-refractivity contribution < 1.29 is 22.7 Å². The molecule has 2 amide bonds. The van der Waals surface area contributed by atoms with Crippen molar-refractivity contribution in [2.24, 2.45) is 0 Å². The topological polar surface area (TPSA) is 96.0 Å². The highest BCUT2D eigenvalue weighted by molar-refractivity contribution is 7.89. The van der Waals surface area contributed by atoms with E-state index in [2.05, 4.69) is 5.32 Å². The van der Waals surface area contributed by atoms with Crippen molar-refractivity contribution in [1.82, 2.24) is 4.31 Å². The first-order valence-electron chi connectivity index (χ1n) is 11.4. The van der Waals surface area contributed by atoms with Gasteiger partial charge in [0.1, 0.15) is 5.75 Å². The molecule has 0 aromatic heterocycles. The first-order valence-corrected chi connectivity index (χ1v) is 12.8. The van der Waals surface area contributed by atoms with Crippen LogP contribution >= 0.6 is 0 Å². The molecule has 3 aromatic rings. The third-order valence-electron chi connectivity index (χ3n) is 6.29. The third kappa shape index (κ3) is 4.28. The van der Waals surface area contributed by atoms with Crippen molar-refractivity contribution in [2.75, 3.05) is 30.4 Å². The second-order valence-electron chi connectivity index (χ2n) is 8.74. The number of hydrogen-bond acceptors (Lipinski definition) is 5. The number of carbonyl (C=O) groups is 2. The monoisotopic (exact) mass is 491 g/mol. The number of nitrogens with one attached hydrogen (secondary N) is 1. The summed E-state index contributed by atoms with van der Waals surface area (Å²) in [6.07, 6.45) is 1.71.